The second-order valence-corrected chi connectivity index (χ2v) is 14.0. The Labute approximate surface area is 295 Å². The molecule has 0 aromatic heterocycles. The van der Waals surface area contributed by atoms with Crippen molar-refractivity contribution in [2.45, 2.75) is 111 Å². The van der Waals surface area contributed by atoms with Gasteiger partial charge in [0, 0.05) is 52.9 Å². The Bertz CT molecular complexity index is 1500. The van der Waals surface area contributed by atoms with Crippen LogP contribution in [0.4, 0.5) is 0 Å². The maximum Gasteiger partial charge on any atom is 0.226 e. The molecule has 0 saturated heterocycles. The predicted octanol–water partition coefficient (Wildman–Crippen LogP) is 7.90. The number of rotatable bonds is 7. The molecule has 6 aliphatic rings. The molecule has 7 heteroatoms. The molecular weight excluding hydrogens is 610 g/mol. The monoisotopic (exact) mass is 671 g/mol. The Kier molecular flexibility index (Phi) is 13.4. The predicted molar refractivity (Wildman–Crippen MR) is 199 cm³/mol. The standard InChI is InChI=1S/C33H40N2O3.C6H10O.C2H6.CH5N/c1-32-15-14-22(30(36)21-10-6-7-11-21)16-27(32)35-19-33(31(34)37)18-26(33)25-17-23(38-2)12-13-24(25)29(35)28(32)20-8-4-3-5-9-20;1-3-5-6-7-4-2;2*1-2/h12-14,16-17,20-21,26H,3-11,15,18-19H2,1-2H3,(H2,34,37);4,6H2,1-2H3;1-2H3;2H2,1H3. The van der Waals surface area contributed by atoms with Crippen LogP contribution < -0.4 is 16.2 Å². The van der Waals surface area contributed by atoms with Crippen molar-refractivity contribution in [3.05, 3.63) is 58.3 Å². The summed E-state index contributed by atoms with van der Waals surface area (Å²) in [4.78, 5) is 29.1. The molecular formula is C42H61N3O4. The minimum atomic E-state index is -0.580. The number of fused-ring (bicyclic) bond motifs is 7. The van der Waals surface area contributed by atoms with E-state index < -0.39 is 5.41 Å². The van der Waals surface area contributed by atoms with Gasteiger partial charge in [-0.15, -0.1) is 5.92 Å². The number of ether oxygens (including phenoxy) is 2. The van der Waals surface area contributed by atoms with Crippen LogP contribution in [-0.4, -0.2) is 50.5 Å². The molecule has 2 heterocycles. The summed E-state index contributed by atoms with van der Waals surface area (Å²) >= 11 is 0. The van der Waals surface area contributed by atoms with E-state index in [1.54, 1.807) is 14.0 Å². The zero-order valence-corrected chi connectivity index (χ0v) is 31.3. The lowest BCUT2D eigenvalue weighted by Crippen LogP contribution is -2.38. The summed E-state index contributed by atoms with van der Waals surface area (Å²) in [6.07, 6.45) is 16.7. The van der Waals surface area contributed by atoms with Crippen LogP contribution in [0.25, 0.3) is 5.70 Å². The minimum absolute atomic E-state index is 0.112. The molecule has 4 N–H and O–H groups in total. The number of hydrogen-bond donors (Lipinski definition) is 2. The summed E-state index contributed by atoms with van der Waals surface area (Å²) in [7, 11) is 3.20. The van der Waals surface area contributed by atoms with Gasteiger partial charge in [-0.05, 0) is 108 Å². The molecule has 1 aromatic rings. The van der Waals surface area contributed by atoms with E-state index in [-0.39, 0.29) is 23.2 Å². The van der Waals surface area contributed by atoms with Crippen molar-refractivity contribution < 1.29 is 19.1 Å². The van der Waals surface area contributed by atoms with Gasteiger partial charge in [-0.1, -0.05) is 57.9 Å². The van der Waals surface area contributed by atoms with E-state index in [1.807, 2.05) is 20.8 Å². The molecule has 1 aromatic carbocycles. The molecule has 49 heavy (non-hydrogen) atoms. The smallest absolute Gasteiger partial charge is 0.226 e. The first-order valence-corrected chi connectivity index (χ1v) is 18.8. The third kappa shape index (κ3) is 7.42. The minimum Gasteiger partial charge on any atom is -0.497 e. The number of primary amides is 1. The summed E-state index contributed by atoms with van der Waals surface area (Å²) < 4.78 is 10.5. The summed E-state index contributed by atoms with van der Waals surface area (Å²) in [6, 6.07) is 6.42. The average Bonchev–Trinajstić information content (AvgIpc) is 3.53. The Balaban J connectivity index is 0.000000435. The summed E-state index contributed by atoms with van der Waals surface area (Å²) in [5, 5.41) is 0. The molecule has 268 valence electrons. The molecule has 7 nitrogen and oxygen atoms in total. The van der Waals surface area contributed by atoms with Crippen molar-refractivity contribution in [3.8, 4) is 17.6 Å². The van der Waals surface area contributed by atoms with Crippen molar-refractivity contribution in [1.82, 2.24) is 4.90 Å². The van der Waals surface area contributed by atoms with E-state index in [0.29, 0.717) is 24.9 Å². The van der Waals surface area contributed by atoms with E-state index in [2.05, 4.69) is 59.7 Å². The normalized spacial score (nSPS) is 26.4. The van der Waals surface area contributed by atoms with E-state index in [1.165, 1.54) is 67.2 Å². The van der Waals surface area contributed by atoms with Crippen LogP contribution in [0.5, 0.6) is 5.75 Å². The third-order valence-electron chi connectivity index (χ3n) is 11.5. The highest BCUT2D eigenvalue weighted by Gasteiger charge is 2.65. The number of amides is 1. The quantitative estimate of drug-likeness (QED) is 0.225. The second kappa shape index (κ2) is 17.1. The first-order valence-electron chi connectivity index (χ1n) is 18.8. The highest BCUT2D eigenvalue weighted by Crippen LogP contribution is 2.68. The van der Waals surface area contributed by atoms with Crippen molar-refractivity contribution >= 4 is 17.4 Å². The fourth-order valence-corrected chi connectivity index (χ4v) is 8.94. The van der Waals surface area contributed by atoms with Crippen LogP contribution in [0.2, 0.25) is 0 Å². The highest BCUT2D eigenvalue weighted by atomic mass is 16.5. The lowest BCUT2D eigenvalue weighted by molar-refractivity contribution is -0.123. The number of hydrogen-bond acceptors (Lipinski definition) is 6. The molecule has 0 bridgehead atoms. The van der Waals surface area contributed by atoms with Crippen LogP contribution in [0.1, 0.15) is 122 Å². The van der Waals surface area contributed by atoms with Crippen LogP contribution in [0, 0.1) is 34.5 Å². The van der Waals surface area contributed by atoms with E-state index in [9.17, 15) is 9.59 Å². The van der Waals surface area contributed by atoms with Gasteiger partial charge in [0.2, 0.25) is 5.91 Å². The van der Waals surface area contributed by atoms with Crippen LogP contribution in [0.15, 0.2) is 47.2 Å². The van der Waals surface area contributed by atoms with Gasteiger partial charge in [0.15, 0.2) is 5.78 Å². The molecule has 3 fully saturated rings. The van der Waals surface area contributed by atoms with E-state index in [0.717, 1.165) is 56.5 Å². The van der Waals surface area contributed by atoms with Crippen LogP contribution >= 0.6 is 0 Å². The molecule has 1 amide bonds. The molecule has 4 aliphatic carbocycles. The number of allylic oxidation sites excluding steroid dienone is 4. The number of Topliss-reactive ketones (excluding diaryl/α,β-unsaturated/α-hetero) is 1. The molecule has 3 atom stereocenters. The zero-order chi connectivity index (χ0) is 35.8. The highest BCUT2D eigenvalue weighted by molar-refractivity contribution is 6.01. The number of benzene rings is 1. The average molecular weight is 672 g/mol. The van der Waals surface area contributed by atoms with Gasteiger partial charge in [-0.25, -0.2) is 0 Å². The number of ketones is 1. The van der Waals surface area contributed by atoms with Gasteiger partial charge in [0.05, 0.1) is 12.5 Å². The topological polar surface area (TPSA) is 108 Å². The summed E-state index contributed by atoms with van der Waals surface area (Å²) in [6.45, 7) is 12.1. The van der Waals surface area contributed by atoms with Gasteiger partial charge < -0.3 is 25.8 Å². The second-order valence-electron chi connectivity index (χ2n) is 14.0. The van der Waals surface area contributed by atoms with E-state index >= 15 is 0 Å². The van der Waals surface area contributed by atoms with Crippen LogP contribution in [-0.2, 0) is 14.3 Å². The molecule has 0 radical (unpaired) electrons. The number of methoxy groups -OCH3 is 1. The maximum absolute atomic E-state index is 13.6. The van der Waals surface area contributed by atoms with Crippen LogP contribution in [0.3, 0.4) is 0 Å². The number of nitrogens with zero attached hydrogens (tertiary/aromatic N) is 1. The fourth-order valence-electron chi connectivity index (χ4n) is 8.94. The Morgan fingerprint density at radius 3 is 2.33 bits per heavy atom. The first-order chi connectivity index (χ1) is 23.8. The Hall–Kier alpha value is -3.34. The summed E-state index contributed by atoms with van der Waals surface area (Å²) in [5.41, 5.74) is 17.3. The van der Waals surface area contributed by atoms with E-state index in [4.69, 9.17) is 15.2 Å². The van der Waals surface area contributed by atoms with Gasteiger partial charge in [-0.2, -0.15) is 0 Å². The first kappa shape index (κ1) is 38.5. The third-order valence-corrected chi connectivity index (χ3v) is 11.5. The van der Waals surface area contributed by atoms with Crippen molar-refractivity contribution in [1.29, 1.82) is 0 Å². The number of nitrogens with two attached hydrogens (primary N) is 2. The van der Waals surface area contributed by atoms with Gasteiger partial charge in [-0.3, -0.25) is 9.59 Å². The Morgan fingerprint density at radius 2 is 1.71 bits per heavy atom. The van der Waals surface area contributed by atoms with Crippen molar-refractivity contribution in [3.63, 3.8) is 0 Å². The van der Waals surface area contributed by atoms with Gasteiger partial charge >= 0.3 is 0 Å². The van der Waals surface area contributed by atoms with Crippen molar-refractivity contribution in [2.75, 3.05) is 33.9 Å². The summed E-state index contributed by atoms with van der Waals surface area (Å²) in [5.74, 6) is 7.24. The number of carbonyl (C=O) groups excluding carboxylic acids is 2. The maximum atomic E-state index is 13.6. The molecule has 2 aliphatic heterocycles. The lowest BCUT2D eigenvalue weighted by Gasteiger charge is -2.38. The largest absolute Gasteiger partial charge is 0.497 e. The van der Waals surface area contributed by atoms with Crippen molar-refractivity contribution in [2.24, 2.45) is 34.1 Å². The molecule has 0 spiro atoms. The fraction of sp³-hybridized carbons (Fsp3) is 0.619. The number of carbonyl (C=O) groups is 2. The molecule has 3 saturated carbocycles. The molecule has 7 rings (SSSR count). The van der Waals surface area contributed by atoms with Gasteiger partial charge in [0.25, 0.3) is 0 Å². The lowest BCUT2D eigenvalue weighted by atomic mass is 9.66. The SMILES string of the molecule is CC.CC#CCOCC.CN.COc1ccc2c(c1)C1CC1(C(N)=O)CN1C3=CC(C(=O)C4CCCC4)=CCC3(C)C(C3CCCCC3)=C21. The zero-order valence-electron chi connectivity index (χ0n) is 31.3. The van der Waals surface area contributed by atoms with Gasteiger partial charge in [0.1, 0.15) is 12.4 Å². The Morgan fingerprint density at radius 1 is 1.04 bits per heavy atom. The molecule has 3 unspecified atom stereocenters.